The van der Waals surface area contributed by atoms with Gasteiger partial charge in [-0.25, -0.2) is 9.97 Å². The average molecular weight is 390 g/mol. The van der Waals surface area contributed by atoms with Crippen LogP contribution < -0.4 is 10.6 Å². The van der Waals surface area contributed by atoms with Gasteiger partial charge in [0.2, 0.25) is 0 Å². The van der Waals surface area contributed by atoms with E-state index in [0.717, 1.165) is 46.6 Å². The van der Waals surface area contributed by atoms with Gasteiger partial charge in [0.25, 0.3) is 0 Å². The Morgan fingerprint density at radius 3 is 2.50 bits per heavy atom. The summed E-state index contributed by atoms with van der Waals surface area (Å²) in [5.74, 6) is 1.52. The molecular weight excluding hydrogens is 370 g/mol. The second-order valence-electron chi connectivity index (χ2n) is 6.46. The topological polar surface area (TPSA) is 62.7 Å². The minimum atomic E-state index is 0.692. The van der Waals surface area contributed by atoms with Gasteiger partial charge in [-0.1, -0.05) is 23.7 Å². The van der Waals surface area contributed by atoms with Crippen molar-refractivity contribution in [2.75, 3.05) is 23.7 Å². The van der Waals surface area contributed by atoms with Gasteiger partial charge in [0.1, 0.15) is 5.82 Å². The van der Waals surface area contributed by atoms with E-state index in [1.807, 2.05) is 61.5 Å². The Balaban J connectivity index is 1.59. The largest absolute Gasteiger partial charge is 0.383 e. The molecule has 2 aromatic heterocycles. The SMILES string of the molecule is Cc1cc(Cl)ccc1-c1nc(NCCNc2ccncc2)c2ccccc2n1. The molecule has 6 heteroatoms. The van der Waals surface area contributed by atoms with Crippen LogP contribution in [0, 0.1) is 6.92 Å². The van der Waals surface area contributed by atoms with E-state index in [1.54, 1.807) is 12.4 Å². The van der Waals surface area contributed by atoms with Gasteiger partial charge in [-0.15, -0.1) is 0 Å². The Kier molecular flexibility index (Phi) is 5.35. The van der Waals surface area contributed by atoms with Crippen LogP contribution in [0.15, 0.2) is 67.0 Å². The van der Waals surface area contributed by atoms with Crippen molar-refractivity contribution in [3.05, 3.63) is 77.6 Å². The molecule has 4 rings (SSSR count). The van der Waals surface area contributed by atoms with Crippen molar-refractivity contribution in [2.24, 2.45) is 0 Å². The number of aryl methyl sites for hydroxylation is 1. The third-order valence-electron chi connectivity index (χ3n) is 4.46. The van der Waals surface area contributed by atoms with Crippen LogP contribution in [0.4, 0.5) is 11.5 Å². The van der Waals surface area contributed by atoms with Crippen molar-refractivity contribution in [2.45, 2.75) is 6.92 Å². The number of para-hydroxylation sites is 1. The van der Waals surface area contributed by atoms with E-state index < -0.39 is 0 Å². The molecule has 2 heterocycles. The summed E-state index contributed by atoms with van der Waals surface area (Å²) >= 11 is 6.10. The third-order valence-corrected chi connectivity index (χ3v) is 4.69. The van der Waals surface area contributed by atoms with Crippen LogP contribution in [-0.4, -0.2) is 28.0 Å². The standard InChI is InChI=1S/C22H20ClN5/c1-15-14-16(23)6-7-18(15)22-27-20-5-3-2-4-19(20)21(28-22)26-13-12-25-17-8-10-24-11-9-17/h2-11,14H,12-13H2,1H3,(H,24,25)(H,26,27,28). The van der Waals surface area contributed by atoms with Gasteiger partial charge in [-0.3, -0.25) is 4.98 Å². The highest BCUT2D eigenvalue weighted by molar-refractivity contribution is 6.30. The number of pyridine rings is 1. The Morgan fingerprint density at radius 2 is 1.68 bits per heavy atom. The summed E-state index contributed by atoms with van der Waals surface area (Å²) in [7, 11) is 0. The molecule has 0 saturated heterocycles. The van der Waals surface area contributed by atoms with Gasteiger partial charge in [-0.05, 0) is 55.0 Å². The normalized spacial score (nSPS) is 10.8. The minimum absolute atomic E-state index is 0.692. The predicted octanol–water partition coefficient (Wildman–Crippen LogP) is 5.18. The van der Waals surface area contributed by atoms with Crippen molar-refractivity contribution in [1.29, 1.82) is 0 Å². The van der Waals surface area contributed by atoms with E-state index in [4.69, 9.17) is 21.6 Å². The molecule has 0 spiro atoms. The quantitative estimate of drug-likeness (QED) is 0.445. The van der Waals surface area contributed by atoms with E-state index >= 15 is 0 Å². The van der Waals surface area contributed by atoms with Crippen molar-refractivity contribution < 1.29 is 0 Å². The van der Waals surface area contributed by atoms with Gasteiger partial charge in [0.05, 0.1) is 5.52 Å². The van der Waals surface area contributed by atoms with Crippen LogP contribution >= 0.6 is 11.6 Å². The second kappa shape index (κ2) is 8.23. The smallest absolute Gasteiger partial charge is 0.162 e. The van der Waals surface area contributed by atoms with Crippen LogP contribution in [-0.2, 0) is 0 Å². The number of benzene rings is 2. The van der Waals surface area contributed by atoms with E-state index in [9.17, 15) is 0 Å². The van der Waals surface area contributed by atoms with Crippen LogP contribution in [0.1, 0.15) is 5.56 Å². The van der Waals surface area contributed by atoms with Gasteiger partial charge >= 0.3 is 0 Å². The Morgan fingerprint density at radius 1 is 0.893 bits per heavy atom. The highest BCUT2D eigenvalue weighted by Crippen LogP contribution is 2.28. The van der Waals surface area contributed by atoms with Crippen LogP contribution in [0.5, 0.6) is 0 Å². The average Bonchev–Trinajstić information content (AvgIpc) is 2.72. The van der Waals surface area contributed by atoms with E-state index in [0.29, 0.717) is 10.8 Å². The predicted molar refractivity (Wildman–Crippen MR) is 116 cm³/mol. The van der Waals surface area contributed by atoms with Crippen LogP contribution in [0.25, 0.3) is 22.3 Å². The number of hydrogen-bond acceptors (Lipinski definition) is 5. The summed E-state index contributed by atoms with van der Waals surface area (Å²) < 4.78 is 0. The fraction of sp³-hybridized carbons (Fsp3) is 0.136. The first-order valence-corrected chi connectivity index (χ1v) is 9.49. The molecule has 0 aliphatic heterocycles. The Labute approximate surface area is 168 Å². The molecule has 0 atom stereocenters. The lowest BCUT2D eigenvalue weighted by molar-refractivity contribution is 1.06. The summed E-state index contributed by atoms with van der Waals surface area (Å²) in [6.07, 6.45) is 3.54. The number of aromatic nitrogens is 3. The molecule has 0 fully saturated rings. The molecule has 0 amide bonds. The fourth-order valence-corrected chi connectivity index (χ4v) is 3.29. The van der Waals surface area contributed by atoms with E-state index in [-0.39, 0.29) is 0 Å². The Hall–Kier alpha value is -3.18. The number of fused-ring (bicyclic) bond motifs is 1. The van der Waals surface area contributed by atoms with Crippen molar-refractivity contribution >= 4 is 34.0 Å². The highest BCUT2D eigenvalue weighted by Gasteiger charge is 2.11. The van der Waals surface area contributed by atoms with E-state index in [1.165, 1.54) is 0 Å². The maximum Gasteiger partial charge on any atom is 0.162 e. The lowest BCUT2D eigenvalue weighted by atomic mass is 10.1. The summed E-state index contributed by atoms with van der Waals surface area (Å²) in [5, 5.41) is 8.52. The molecule has 0 aliphatic carbocycles. The molecular formula is C22H20ClN5. The first kappa shape index (κ1) is 18.2. The first-order valence-electron chi connectivity index (χ1n) is 9.12. The molecule has 0 radical (unpaired) electrons. The lowest BCUT2D eigenvalue weighted by Gasteiger charge is -2.13. The zero-order valence-corrected chi connectivity index (χ0v) is 16.2. The molecule has 2 aromatic carbocycles. The second-order valence-corrected chi connectivity index (χ2v) is 6.90. The number of nitrogens with one attached hydrogen (secondary N) is 2. The lowest BCUT2D eigenvalue weighted by Crippen LogP contribution is -2.15. The highest BCUT2D eigenvalue weighted by atomic mass is 35.5. The first-order chi connectivity index (χ1) is 13.7. The molecule has 0 saturated carbocycles. The summed E-state index contributed by atoms with van der Waals surface area (Å²) in [5.41, 5.74) is 3.98. The van der Waals surface area contributed by atoms with Crippen molar-refractivity contribution in [3.8, 4) is 11.4 Å². The zero-order chi connectivity index (χ0) is 19.3. The molecule has 4 aromatic rings. The molecule has 0 unspecified atom stereocenters. The zero-order valence-electron chi connectivity index (χ0n) is 15.5. The van der Waals surface area contributed by atoms with Gasteiger partial charge in [0.15, 0.2) is 5.82 Å². The number of rotatable bonds is 6. The van der Waals surface area contributed by atoms with Crippen molar-refractivity contribution in [3.63, 3.8) is 0 Å². The maximum atomic E-state index is 6.10. The fourth-order valence-electron chi connectivity index (χ4n) is 3.07. The molecule has 2 N–H and O–H groups in total. The number of halogens is 1. The molecule has 5 nitrogen and oxygen atoms in total. The molecule has 0 bridgehead atoms. The van der Waals surface area contributed by atoms with Crippen LogP contribution in [0.2, 0.25) is 5.02 Å². The molecule has 140 valence electrons. The maximum absolute atomic E-state index is 6.10. The van der Waals surface area contributed by atoms with Gasteiger partial charge < -0.3 is 10.6 Å². The number of nitrogens with zero attached hydrogens (tertiary/aromatic N) is 3. The minimum Gasteiger partial charge on any atom is -0.383 e. The van der Waals surface area contributed by atoms with Gasteiger partial charge in [-0.2, -0.15) is 0 Å². The summed E-state index contributed by atoms with van der Waals surface area (Å²) in [6, 6.07) is 17.7. The molecule has 28 heavy (non-hydrogen) atoms. The third kappa shape index (κ3) is 4.05. The Bertz CT molecular complexity index is 1100. The van der Waals surface area contributed by atoms with E-state index in [2.05, 4.69) is 15.6 Å². The van der Waals surface area contributed by atoms with Gasteiger partial charge in [0, 0.05) is 47.1 Å². The number of anilines is 2. The summed E-state index contributed by atoms with van der Waals surface area (Å²) in [6.45, 7) is 3.51. The van der Waals surface area contributed by atoms with Crippen molar-refractivity contribution in [1.82, 2.24) is 15.0 Å². The van der Waals surface area contributed by atoms with Crippen LogP contribution in [0.3, 0.4) is 0 Å². The monoisotopic (exact) mass is 389 g/mol. The molecule has 0 aliphatic rings. The number of hydrogen-bond donors (Lipinski definition) is 2. The summed E-state index contributed by atoms with van der Waals surface area (Å²) in [4.78, 5) is 13.6.